The van der Waals surface area contributed by atoms with Gasteiger partial charge in [0.15, 0.2) is 11.5 Å². The summed E-state index contributed by atoms with van der Waals surface area (Å²) in [5, 5.41) is 3.43. The van der Waals surface area contributed by atoms with Crippen LogP contribution < -0.4 is 14.8 Å². The summed E-state index contributed by atoms with van der Waals surface area (Å²) in [6.45, 7) is 12.4. The predicted molar refractivity (Wildman–Crippen MR) is 103 cm³/mol. The highest BCUT2D eigenvalue weighted by Crippen LogP contribution is 2.28. The fraction of sp³-hybridized carbons (Fsp3) is 0.579. The van der Waals surface area contributed by atoms with Gasteiger partial charge in [-0.3, -0.25) is 0 Å². The third kappa shape index (κ3) is 9.81. The Morgan fingerprint density at radius 2 is 1.88 bits per heavy atom. The summed E-state index contributed by atoms with van der Waals surface area (Å²) >= 11 is 0. The van der Waals surface area contributed by atoms with Crippen LogP contribution in [0.4, 0.5) is 0 Å². The molecule has 0 atom stereocenters. The second-order valence-corrected chi connectivity index (χ2v) is 5.31. The topological polar surface area (TPSA) is 39.7 Å². The summed E-state index contributed by atoms with van der Waals surface area (Å²) in [7, 11) is 0. The maximum absolute atomic E-state index is 5.65. The molecule has 0 radical (unpaired) electrons. The normalized spacial score (nSPS) is 10.1. The SMILES string of the molecule is C=CCOc1ccc(CNCCCOCCCC)cc1OCC.Cl. The van der Waals surface area contributed by atoms with E-state index in [4.69, 9.17) is 14.2 Å². The van der Waals surface area contributed by atoms with E-state index in [2.05, 4.69) is 24.9 Å². The van der Waals surface area contributed by atoms with E-state index in [1.54, 1.807) is 6.08 Å². The number of rotatable bonds is 14. The Morgan fingerprint density at radius 3 is 2.58 bits per heavy atom. The minimum absolute atomic E-state index is 0. The highest BCUT2D eigenvalue weighted by Gasteiger charge is 2.06. The van der Waals surface area contributed by atoms with E-state index in [1.807, 2.05) is 19.1 Å². The molecule has 24 heavy (non-hydrogen) atoms. The minimum Gasteiger partial charge on any atom is -0.490 e. The van der Waals surface area contributed by atoms with Gasteiger partial charge in [-0.25, -0.2) is 0 Å². The molecule has 1 aromatic rings. The monoisotopic (exact) mass is 357 g/mol. The summed E-state index contributed by atoms with van der Waals surface area (Å²) in [5.41, 5.74) is 1.19. The van der Waals surface area contributed by atoms with Gasteiger partial charge in [-0.05, 0) is 44.0 Å². The van der Waals surface area contributed by atoms with Crippen LogP contribution in [-0.4, -0.2) is 33.0 Å². The third-order valence-electron chi connectivity index (χ3n) is 3.28. The van der Waals surface area contributed by atoms with Gasteiger partial charge < -0.3 is 19.5 Å². The molecule has 0 unspecified atom stereocenters. The lowest BCUT2D eigenvalue weighted by Gasteiger charge is -2.13. The number of ether oxygens (including phenoxy) is 3. The lowest BCUT2D eigenvalue weighted by molar-refractivity contribution is 0.129. The first-order chi connectivity index (χ1) is 11.3. The van der Waals surface area contributed by atoms with E-state index >= 15 is 0 Å². The van der Waals surface area contributed by atoms with E-state index in [0.717, 1.165) is 50.6 Å². The molecule has 0 aliphatic rings. The second kappa shape index (κ2) is 15.3. The van der Waals surface area contributed by atoms with Crippen molar-refractivity contribution in [3.05, 3.63) is 36.4 Å². The fourth-order valence-corrected chi connectivity index (χ4v) is 2.08. The largest absolute Gasteiger partial charge is 0.490 e. The van der Waals surface area contributed by atoms with Gasteiger partial charge in [0.25, 0.3) is 0 Å². The van der Waals surface area contributed by atoms with Gasteiger partial charge >= 0.3 is 0 Å². The predicted octanol–water partition coefficient (Wildman–Crippen LogP) is 4.37. The zero-order chi connectivity index (χ0) is 16.8. The molecule has 0 saturated carbocycles. The Bertz CT molecular complexity index is 441. The Labute approximate surface area is 153 Å². The van der Waals surface area contributed by atoms with Crippen LogP contribution in [-0.2, 0) is 11.3 Å². The first-order valence-electron chi connectivity index (χ1n) is 8.59. The Hall–Kier alpha value is -1.23. The number of nitrogens with one attached hydrogen (secondary N) is 1. The van der Waals surface area contributed by atoms with E-state index < -0.39 is 0 Å². The number of halogens is 1. The van der Waals surface area contributed by atoms with Gasteiger partial charge in [0.05, 0.1) is 6.61 Å². The lowest BCUT2D eigenvalue weighted by Crippen LogP contribution is -2.16. The second-order valence-electron chi connectivity index (χ2n) is 5.31. The van der Waals surface area contributed by atoms with Crippen molar-refractivity contribution < 1.29 is 14.2 Å². The molecule has 0 bridgehead atoms. The third-order valence-corrected chi connectivity index (χ3v) is 3.28. The van der Waals surface area contributed by atoms with Crippen LogP contribution in [0.25, 0.3) is 0 Å². The molecule has 1 rings (SSSR count). The highest BCUT2D eigenvalue weighted by molar-refractivity contribution is 5.85. The maximum Gasteiger partial charge on any atom is 0.161 e. The molecular weight excluding hydrogens is 326 g/mol. The van der Waals surface area contributed by atoms with E-state index in [-0.39, 0.29) is 12.4 Å². The van der Waals surface area contributed by atoms with Crippen LogP contribution in [0.5, 0.6) is 11.5 Å². The molecule has 1 N–H and O–H groups in total. The summed E-state index contributed by atoms with van der Waals surface area (Å²) in [6, 6.07) is 6.05. The van der Waals surface area contributed by atoms with E-state index in [9.17, 15) is 0 Å². The van der Waals surface area contributed by atoms with Crippen molar-refractivity contribution in [1.29, 1.82) is 0 Å². The van der Waals surface area contributed by atoms with Gasteiger partial charge in [0, 0.05) is 19.8 Å². The van der Waals surface area contributed by atoms with Crippen LogP contribution in [0.15, 0.2) is 30.9 Å². The average Bonchev–Trinajstić information content (AvgIpc) is 2.57. The molecule has 0 amide bonds. The molecule has 1 aromatic carbocycles. The summed E-state index contributed by atoms with van der Waals surface area (Å²) < 4.78 is 16.8. The van der Waals surface area contributed by atoms with Gasteiger partial charge in [-0.2, -0.15) is 0 Å². The van der Waals surface area contributed by atoms with Crippen molar-refractivity contribution >= 4 is 12.4 Å². The number of unbranched alkanes of at least 4 members (excludes halogenated alkanes) is 1. The first-order valence-corrected chi connectivity index (χ1v) is 8.59. The molecule has 0 aliphatic heterocycles. The molecule has 0 saturated heterocycles. The summed E-state index contributed by atoms with van der Waals surface area (Å²) in [6.07, 6.45) is 5.09. The van der Waals surface area contributed by atoms with E-state index in [0.29, 0.717) is 13.2 Å². The Balaban J connectivity index is 0.00000529. The number of hydrogen-bond donors (Lipinski definition) is 1. The first kappa shape index (κ1) is 22.8. The van der Waals surface area contributed by atoms with Crippen molar-refractivity contribution in [1.82, 2.24) is 5.32 Å². The maximum atomic E-state index is 5.65. The quantitative estimate of drug-likeness (QED) is 0.396. The van der Waals surface area contributed by atoms with Crippen molar-refractivity contribution in [3.63, 3.8) is 0 Å². The standard InChI is InChI=1S/C19H31NO3.ClH/c1-4-7-13-21-14-8-11-20-16-17-9-10-18(23-12-5-2)19(15-17)22-6-3;/h5,9-10,15,20H,2,4,6-8,11-14,16H2,1,3H3;1H. The summed E-state index contributed by atoms with van der Waals surface area (Å²) in [4.78, 5) is 0. The van der Waals surface area contributed by atoms with Gasteiger partial charge in [0.2, 0.25) is 0 Å². The minimum atomic E-state index is 0. The molecule has 4 nitrogen and oxygen atoms in total. The molecular formula is C19H32ClNO3. The average molecular weight is 358 g/mol. The van der Waals surface area contributed by atoms with Crippen molar-refractivity contribution in [2.45, 2.75) is 39.7 Å². The van der Waals surface area contributed by atoms with Crippen LogP contribution in [0, 0.1) is 0 Å². The van der Waals surface area contributed by atoms with Crippen LogP contribution in [0.1, 0.15) is 38.7 Å². The molecule has 0 heterocycles. The highest BCUT2D eigenvalue weighted by atomic mass is 35.5. The number of hydrogen-bond acceptors (Lipinski definition) is 4. The van der Waals surface area contributed by atoms with Gasteiger partial charge in [-0.15, -0.1) is 12.4 Å². The van der Waals surface area contributed by atoms with Crippen molar-refractivity contribution in [2.75, 3.05) is 33.0 Å². The smallest absolute Gasteiger partial charge is 0.161 e. The lowest BCUT2D eigenvalue weighted by atomic mass is 10.2. The number of benzene rings is 1. The molecule has 0 aliphatic carbocycles. The zero-order valence-electron chi connectivity index (χ0n) is 15.0. The molecule has 5 heteroatoms. The van der Waals surface area contributed by atoms with Crippen LogP contribution >= 0.6 is 12.4 Å². The Kier molecular flexibility index (Phi) is 14.5. The van der Waals surface area contributed by atoms with Gasteiger partial charge in [0.1, 0.15) is 6.61 Å². The molecule has 0 fully saturated rings. The van der Waals surface area contributed by atoms with Crippen molar-refractivity contribution in [2.24, 2.45) is 0 Å². The summed E-state index contributed by atoms with van der Waals surface area (Å²) in [5.74, 6) is 1.55. The molecule has 0 aromatic heterocycles. The van der Waals surface area contributed by atoms with E-state index in [1.165, 1.54) is 12.0 Å². The molecule has 138 valence electrons. The van der Waals surface area contributed by atoms with Gasteiger partial charge in [-0.1, -0.05) is 32.1 Å². The van der Waals surface area contributed by atoms with Crippen LogP contribution in [0.2, 0.25) is 0 Å². The Morgan fingerprint density at radius 1 is 1.08 bits per heavy atom. The van der Waals surface area contributed by atoms with Crippen molar-refractivity contribution in [3.8, 4) is 11.5 Å². The zero-order valence-corrected chi connectivity index (χ0v) is 15.8. The fourth-order valence-electron chi connectivity index (χ4n) is 2.08. The van der Waals surface area contributed by atoms with Crippen LogP contribution in [0.3, 0.4) is 0 Å². The molecule has 0 spiro atoms.